The third-order valence-corrected chi connectivity index (χ3v) is 7.42. The maximum atomic E-state index is 6.38. The molecule has 0 spiro atoms. The van der Waals surface area contributed by atoms with Crippen LogP contribution in [0.2, 0.25) is 6.04 Å². The fourth-order valence-corrected chi connectivity index (χ4v) is 6.04. The standard InChI is InChI=1S/C19H35NO3Si/c1-4-15-22-24(23-16-5-2,19-11-7-6-8-12-19)18-10-14-20-13-9-17-21-3/h6-8,11-12,20H,4-5,9-10,13-18H2,1-3H3. The highest BCUT2D eigenvalue weighted by molar-refractivity contribution is 6.81. The van der Waals surface area contributed by atoms with Crippen LogP contribution < -0.4 is 10.5 Å². The van der Waals surface area contributed by atoms with Gasteiger partial charge in [0.2, 0.25) is 0 Å². The molecule has 5 heteroatoms. The summed E-state index contributed by atoms with van der Waals surface area (Å²) in [6, 6.07) is 11.6. The molecule has 0 fully saturated rings. The molecule has 0 aliphatic carbocycles. The van der Waals surface area contributed by atoms with E-state index in [0.29, 0.717) is 0 Å². The highest BCUT2D eigenvalue weighted by atomic mass is 28.4. The van der Waals surface area contributed by atoms with Crippen molar-refractivity contribution in [3.8, 4) is 0 Å². The summed E-state index contributed by atoms with van der Waals surface area (Å²) in [6.07, 6.45) is 4.16. The van der Waals surface area contributed by atoms with Crippen molar-refractivity contribution >= 4 is 13.7 Å². The molecule has 0 atom stereocenters. The van der Waals surface area contributed by atoms with Gasteiger partial charge in [0.05, 0.1) is 0 Å². The van der Waals surface area contributed by atoms with Gasteiger partial charge in [-0.1, -0.05) is 44.2 Å². The number of benzene rings is 1. The minimum atomic E-state index is -2.35. The van der Waals surface area contributed by atoms with Crippen LogP contribution in [0.1, 0.15) is 39.5 Å². The van der Waals surface area contributed by atoms with Crippen molar-refractivity contribution in [1.82, 2.24) is 5.32 Å². The van der Waals surface area contributed by atoms with Gasteiger partial charge in [0.15, 0.2) is 0 Å². The number of nitrogens with one attached hydrogen (secondary N) is 1. The zero-order valence-corrected chi connectivity index (χ0v) is 16.7. The lowest BCUT2D eigenvalue weighted by atomic mass is 10.4. The van der Waals surface area contributed by atoms with Crippen LogP contribution in [-0.4, -0.2) is 48.6 Å². The molecule has 0 aliphatic heterocycles. The molecule has 0 saturated heterocycles. The van der Waals surface area contributed by atoms with Gasteiger partial charge in [-0.15, -0.1) is 0 Å². The second kappa shape index (κ2) is 13.6. The summed E-state index contributed by atoms with van der Waals surface area (Å²) < 4.78 is 17.8. The quantitative estimate of drug-likeness (QED) is 0.388. The number of ether oxygens (including phenoxy) is 1. The molecule has 0 bridgehead atoms. The maximum Gasteiger partial charge on any atom is 0.372 e. The van der Waals surface area contributed by atoms with E-state index < -0.39 is 8.56 Å². The molecule has 4 nitrogen and oxygen atoms in total. The smallest absolute Gasteiger partial charge is 0.372 e. The molecular formula is C19H35NO3Si. The van der Waals surface area contributed by atoms with Crippen molar-refractivity contribution in [2.75, 3.05) is 40.0 Å². The Morgan fingerprint density at radius 2 is 1.50 bits per heavy atom. The van der Waals surface area contributed by atoms with E-state index in [2.05, 4.69) is 49.5 Å². The number of rotatable bonds is 15. The second-order valence-corrected chi connectivity index (χ2v) is 9.18. The van der Waals surface area contributed by atoms with Gasteiger partial charge >= 0.3 is 8.56 Å². The van der Waals surface area contributed by atoms with Crippen LogP contribution in [0, 0.1) is 0 Å². The Bertz CT molecular complexity index is 395. The number of hydrogen-bond acceptors (Lipinski definition) is 4. The molecule has 0 aromatic heterocycles. The Hall–Kier alpha value is -0.723. The average molecular weight is 354 g/mol. The molecule has 0 saturated carbocycles. The van der Waals surface area contributed by atoms with E-state index in [0.717, 1.165) is 64.6 Å². The van der Waals surface area contributed by atoms with E-state index in [1.54, 1.807) is 7.11 Å². The predicted octanol–water partition coefficient (Wildman–Crippen LogP) is 3.21. The van der Waals surface area contributed by atoms with Crippen LogP contribution in [0.25, 0.3) is 0 Å². The van der Waals surface area contributed by atoms with Crippen LogP contribution >= 0.6 is 0 Å². The summed E-state index contributed by atoms with van der Waals surface area (Å²) >= 11 is 0. The van der Waals surface area contributed by atoms with Crippen molar-refractivity contribution in [1.29, 1.82) is 0 Å². The first-order chi connectivity index (χ1) is 11.8. The fourth-order valence-electron chi connectivity index (χ4n) is 2.64. The summed E-state index contributed by atoms with van der Waals surface area (Å²) in [5.74, 6) is 0. The Balaban J connectivity index is 2.64. The lowest BCUT2D eigenvalue weighted by molar-refractivity contribution is 0.178. The molecule has 1 rings (SSSR count). The van der Waals surface area contributed by atoms with Gasteiger partial charge in [0.1, 0.15) is 0 Å². The molecule has 24 heavy (non-hydrogen) atoms. The van der Waals surface area contributed by atoms with Gasteiger partial charge in [-0.25, -0.2) is 0 Å². The first-order valence-electron chi connectivity index (χ1n) is 9.32. The summed E-state index contributed by atoms with van der Waals surface area (Å²) in [5, 5.41) is 4.74. The Morgan fingerprint density at radius 3 is 2.08 bits per heavy atom. The molecule has 0 radical (unpaired) electrons. The summed E-state index contributed by atoms with van der Waals surface area (Å²) in [6.45, 7) is 8.66. The maximum absolute atomic E-state index is 6.38. The fraction of sp³-hybridized carbons (Fsp3) is 0.684. The summed E-state index contributed by atoms with van der Waals surface area (Å²) in [7, 11) is -0.608. The minimum Gasteiger partial charge on any atom is -0.391 e. The molecule has 0 aliphatic rings. The molecule has 138 valence electrons. The highest BCUT2D eigenvalue weighted by Gasteiger charge is 2.39. The second-order valence-electron chi connectivity index (χ2n) is 6.02. The molecule has 0 unspecified atom stereocenters. The van der Waals surface area contributed by atoms with Crippen LogP contribution in [0.4, 0.5) is 0 Å². The SMILES string of the molecule is CCCO[Si](CCCNCCCOC)(OCCC)c1ccccc1. The van der Waals surface area contributed by atoms with Gasteiger partial charge in [-0.2, -0.15) is 0 Å². The average Bonchev–Trinajstić information content (AvgIpc) is 2.63. The predicted molar refractivity (Wildman–Crippen MR) is 103 cm³/mol. The van der Waals surface area contributed by atoms with E-state index in [-0.39, 0.29) is 0 Å². The van der Waals surface area contributed by atoms with Crippen molar-refractivity contribution in [3.63, 3.8) is 0 Å². The van der Waals surface area contributed by atoms with E-state index in [1.807, 2.05) is 0 Å². The first kappa shape index (κ1) is 21.3. The van der Waals surface area contributed by atoms with Crippen molar-refractivity contribution in [3.05, 3.63) is 30.3 Å². The van der Waals surface area contributed by atoms with E-state index in [9.17, 15) is 0 Å². The summed E-state index contributed by atoms with van der Waals surface area (Å²) in [5.41, 5.74) is 0. The lowest BCUT2D eigenvalue weighted by Crippen LogP contribution is -2.54. The van der Waals surface area contributed by atoms with E-state index in [1.165, 1.54) is 5.19 Å². The highest BCUT2D eigenvalue weighted by Crippen LogP contribution is 2.17. The zero-order chi connectivity index (χ0) is 17.5. The molecule has 1 aromatic carbocycles. The Labute approximate surface area is 149 Å². The third kappa shape index (κ3) is 7.90. The normalized spacial score (nSPS) is 11.8. The summed E-state index contributed by atoms with van der Waals surface area (Å²) in [4.78, 5) is 0. The molecule has 0 amide bonds. The first-order valence-corrected chi connectivity index (χ1v) is 11.3. The van der Waals surface area contributed by atoms with Crippen molar-refractivity contribution in [2.24, 2.45) is 0 Å². The van der Waals surface area contributed by atoms with Crippen molar-refractivity contribution < 1.29 is 13.6 Å². The lowest BCUT2D eigenvalue weighted by Gasteiger charge is -2.31. The molecule has 1 aromatic rings. The molecular weight excluding hydrogens is 318 g/mol. The third-order valence-electron chi connectivity index (χ3n) is 3.85. The molecule has 1 N–H and O–H groups in total. The van der Waals surface area contributed by atoms with Crippen LogP contribution in [0.5, 0.6) is 0 Å². The minimum absolute atomic E-state index is 0.770. The van der Waals surface area contributed by atoms with Crippen molar-refractivity contribution in [2.45, 2.75) is 45.6 Å². The molecule has 0 heterocycles. The van der Waals surface area contributed by atoms with Crippen LogP contribution in [0.3, 0.4) is 0 Å². The van der Waals surface area contributed by atoms with Crippen LogP contribution in [-0.2, 0) is 13.6 Å². The van der Waals surface area contributed by atoms with E-state index in [4.69, 9.17) is 13.6 Å². The van der Waals surface area contributed by atoms with Gasteiger partial charge in [0.25, 0.3) is 0 Å². The van der Waals surface area contributed by atoms with Crippen LogP contribution in [0.15, 0.2) is 30.3 Å². The Morgan fingerprint density at radius 1 is 0.875 bits per heavy atom. The van der Waals surface area contributed by atoms with Gasteiger partial charge < -0.3 is 18.9 Å². The van der Waals surface area contributed by atoms with Gasteiger partial charge in [0, 0.05) is 26.9 Å². The van der Waals surface area contributed by atoms with E-state index >= 15 is 0 Å². The monoisotopic (exact) mass is 353 g/mol. The van der Waals surface area contributed by atoms with Gasteiger partial charge in [-0.05, 0) is 50.0 Å². The number of methoxy groups -OCH3 is 1. The zero-order valence-electron chi connectivity index (χ0n) is 15.7. The Kier molecular flexibility index (Phi) is 12.0. The van der Waals surface area contributed by atoms with Gasteiger partial charge in [-0.3, -0.25) is 0 Å². The topological polar surface area (TPSA) is 39.7 Å². The number of hydrogen-bond donors (Lipinski definition) is 1. The largest absolute Gasteiger partial charge is 0.391 e.